The molecule has 1 N–H and O–H groups in total. The summed E-state index contributed by atoms with van der Waals surface area (Å²) in [5.74, 6) is 0.439. The lowest BCUT2D eigenvalue weighted by Crippen LogP contribution is -2.09. The third-order valence-electron chi connectivity index (χ3n) is 3.43. The molecule has 22 heavy (non-hydrogen) atoms. The molecule has 0 radical (unpaired) electrons. The fourth-order valence-electron chi connectivity index (χ4n) is 2.11. The van der Waals surface area contributed by atoms with Gasteiger partial charge in [-0.15, -0.1) is 0 Å². The number of aromatic nitrogens is 1. The summed E-state index contributed by atoms with van der Waals surface area (Å²) in [7, 11) is 0. The van der Waals surface area contributed by atoms with Gasteiger partial charge in [-0.05, 0) is 30.5 Å². The summed E-state index contributed by atoms with van der Waals surface area (Å²) < 4.78 is 0. The predicted molar refractivity (Wildman–Crippen MR) is 83.5 cm³/mol. The number of pyridine rings is 1. The maximum Gasteiger partial charge on any atom is 0.305 e. The second-order valence-corrected chi connectivity index (χ2v) is 4.89. The first kappa shape index (κ1) is 15.4. The Balaban J connectivity index is 2.19. The first-order chi connectivity index (χ1) is 10.5. The van der Waals surface area contributed by atoms with E-state index >= 15 is 0 Å². The van der Waals surface area contributed by atoms with Crippen LogP contribution in [0.2, 0.25) is 0 Å². The molecule has 1 unspecified atom stereocenters. The molecule has 0 amide bonds. The highest BCUT2D eigenvalue weighted by Crippen LogP contribution is 2.22. The number of nitrogens with zero attached hydrogens (tertiary/aromatic N) is 3. The standard InChI is InChI=1S/C16H16N4O2/c1-3-12-4-6-13(7-5-12)11(2)18-16-9-8-15(20(21)22)14(10-17)19-16/h4-9,11H,3H2,1-2H3,(H,18,19). The summed E-state index contributed by atoms with van der Waals surface area (Å²) in [6.45, 7) is 4.07. The van der Waals surface area contributed by atoms with Crippen LogP contribution in [0.1, 0.15) is 36.7 Å². The minimum absolute atomic E-state index is 0.0218. The van der Waals surface area contributed by atoms with Crippen LogP contribution in [0.25, 0.3) is 0 Å². The molecule has 0 saturated heterocycles. The van der Waals surface area contributed by atoms with E-state index in [0.717, 1.165) is 12.0 Å². The summed E-state index contributed by atoms with van der Waals surface area (Å²) in [6, 6.07) is 12.7. The third-order valence-corrected chi connectivity index (χ3v) is 3.43. The van der Waals surface area contributed by atoms with Crippen molar-refractivity contribution in [2.75, 3.05) is 5.32 Å². The largest absolute Gasteiger partial charge is 0.364 e. The topological polar surface area (TPSA) is 91.9 Å². The molecule has 6 heteroatoms. The SMILES string of the molecule is CCc1ccc(C(C)Nc2ccc([N+](=O)[O-])c(C#N)n2)cc1. The van der Waals surface area contributed by atoms with Gasteiger partial charge in [0, 0.05) is 12.1 Å². The van der Waals surface area contributed by atoms with E-state index in [2.05, 4.69) is 29.4 Å². The van der Waals surface area contributed by atoms with Crippen LogP contribution in [0.5, 0.6) is 0 Å². The van der Waals surface area contributed by atoms with Gasteiger partial charge in [-0.25, -0.2) is 4.98 Å². The van der Waals surface area contributed by atoms with Crippen molar-refractivity contribution in [1.82, 2.24) is 4.98 Å². The summed E-state index contributed by atoms with van der Waals surface area (Å²) >= 11 is 0. The van der Waals surface area contributed by atoms with E-state index in [1.165, 1.54) is 17.7 Å². The monoisotopic (exact) mass is 296 g/mol. The molecule has 1 atom stereocenters. The molecular formula is C16H16N4O2. The Morgan fingerprint density at radius 3 is 2.55 bits per heavy atom. The highest BCUT2D eigenvalue weighted by Gasteiger charge is 2.16. The van der Waals surface area contributed by atoms with Crippen LogP contribution in [0.4, 0.5) is 11.5 Å². The van der Waals surface area contributed by atoms with Crippen molar-refractivity contribution in [1.29, 1.82) is 5.26 Å². The summed E-state index contributed by atoms with van der Waals surface area (Å²) in [6.07, 6.45) is 0.984. The second kappa shape index (κ2) is 6.68. The number of hydrogen-bond donors (Lipinski definition) is 1. The van der Waals surface area contributed by atoms with Crippen molar-refractivity contribution in [2.24, 2.45) is 0 Å². The molecule has 112 valence electrons. The lowest BCUT2D eigenvalue weighted by molar-refractivity contribution is -0.385. The number of benzene rings is 1. The molecular weight excluding hydrogens is 280 g/mol. The predicted octanol–water partition coefficient (Wildman–Crippen LogP) is 3.60. The zero-order chi connectivity index (χ0) is 16.1. The van der Waals surface area contributed by atoms with Gasteiger partial charge in [0.05, 0.1) is 4.92 Å². The second-order valence-electron chi connectivity index (χ2n) is 4.89. The third kappa shape index (κ3) is 3.38. The lowest BCUT2D eigenvalue weighted by Gasteiger charge is -2.15. The fourth-order valence-corrected chi connectivity index (χ4v) is 2.11. The van der Waals surface area contributed by atoms with Gasteiger partial charge in [0.2, 0.25) is 5.69 Å². The van der Waals surface area contributed by atoms with Gasteiger partial charge in [-0.2, -0.15) is 5.26 Å². The number of nitrogens with one attached hydrogen (secondary N) is 1. The highest BCUT2D eigenvalue weighted by molar-refractivity contribution is 5.51. The van der Waals surface area contributed by atoms with E-state index in [-0.39, 0.29) is 17.4 Å². The Kier molecular flexibility index (Phi) is 4.69. The molecule has 0 saturated carbocycles. The van der Waals surface area contributed by atoms with Crippen LogP contribution < -0.4 is 5.32 Å². The van der Waals surface area contributed by atoms with Gasteiger partial charge in [-0.1, -0.05) is 31.2 Å². The normalized spacial score (nSPS) is 11.5. The molecule has 0 fully saturated rings. The molecule has 6 nitrogen and oxygen atoms in total. The number of rotatable bonds is 5. The van der Waals surface area contributed by atoms with Gasteiger partial charge >= 0.3 is 5.69 Å². The maximum absolute atomic E-state index is 10.8. The van der Waals surface area contributed by atoms with E-state index in [9.17, 15) is 10.1 Å². The zero-order valence-electron chi connectivity index (χ0n) is 12.4. The van der Waals surface area contributed by atoms with Gasteiger partial charge in [0.15, 0.2) is 0 Å². The van der Waals surface area contributed by atoms with Crippen LogP contribution in [0.15, 0.2) is 36.4 Å². The Hall–Kier alpha value is -2.94. The van der Waals surface area contributed by atoms with Crippen LogP contribution in [0, 0.1) is 21.4 Å². The van der Waals surface area contributed by atoms with Crippen LogP contribution >= 0.6 is 0 Å². The molecule has 1 aromatic heterocycles. The van der Waals surface area contributed by atoms with Gasteiger partial charge in [0.1, 0.15) is 11.9 Å². The number of anilines is 1. The van der Waals surface area contributed by atoms with Crippen molar-refractivity contribution in [3.63, 3.8) is 0 Å². The summed E-state index contributed by atoms with van der Waals surface area (Å²) in [5.41, 5.74) is 1.86. The minimum atomic E-state index is -0.609. The van der Waals surface area contributed by atoms with Crippen LogP contribution in [-0.2, 0) is 6.42 Å². The first-order valence-corrected chi connectivity index (χ1v) is 6.96. The smallest absolute Gasteiger partial charge is 0.305 e. The molecule has 0 aliphatic rings. The molecule has 1 heterocycles. The van der Waals surface area contributed by atoms with Crippen molar-refractivity contribution >= 4 is 11.5 Å². The first-order valence-electron chi connectivity index (χ1n) is 6.96. The molecule has 2 aromatic rings. The molecule has 0 aliphatic heterocycles. The van der Waals surface area contributed by atoms with E-state index in [4.69, 9.17) is 5.26 Å². The average molecular weight is 296 g/mol. The minimum Gasteiger partial charge on any atom is -0.364 e. The van der Waals surface area contributed by atoms with E-state index in [1.807, 2.05) is 19.1 Å². The summed E-state index contributed by atoms with van der Waals surface area (Å²) in [5, 5.41) is 22.9. The van der Waals surface area contributed by atoms with Crippen molar-refractivity contribution in [2.45, 2.75) is 26.3 Å². The number of nitriles is 1. The fraction of sp³-hybridized carbons (Fsp3) is 0.250. The van der Waals surface area contributed by atoms with Crippen LogP contribution in [-0.4, -0.2) is 9.91 Å². The molecule has 1 aromatic carbocycles. The highest BCUT2D eigenvalue weighted by atomic mass is 16.6. The zero-order valence-corrected chi connectivity index (χ0v) is 12.4. The maximum atomic E-state index is 10.8. The number of aryl methyl sites for hydroxylation is 1. The van der Waals surface area contributed by atoms with Gasteiger partial charge in [0.25, 0.3) is 0 Å². The Morgan fingerprint density at radius 1 is 1.32 bits per heavy atom. The quantitative estimate of drug-likeness (QED) is 0.672. The molecule has 0 spiro atoms. The Labute approximate surface area is 128 Å². The Bertz CT molecular complexity index is 720. The van der Waals surface area contributed by atoms with Crippen molar-refractivity contribution < 1.29 is 4.92 Å². The van der Waals surface area contributed by atoms with E-state index < -0.39 is 4.92 Å². The van der Waals surface area contributed by atoms with Gasteiger partial charge in [-0.3, -0.25) is 10.1 Å². The van der Waals surface area contributed by atoms with Crippen molar-refractivity contribution in [3.8, 4) is 6.07 Å². The lowest BCUT2D eigenvalue weighted by atomic mass is 10.1. The van der Waals surface area contributed by atoms with E-state index in [0.29, 0.717) is 5.82 Å². The number of nitro groups is 1. The van der Waals surface area contributed by atoms with Gasteiger partial charge < -0.3 is 5.32 Å². The number of hydrogen-bond acceptors (Lipinski definition) is 5. The molecule has 0 bridgehead atoms. The van der Waals surface area contributed by atoms with Crippen molar-refractivity contribution in [3.05, 3.63) is 63.3 Å². The molecule has 0 aliphatic carbocycles. The Morgan fingerprint density at radius 2 is 2.00 bits per heavy atom. The average Bonchev–Trinajstić information content (AvgIpc) is 2.54. The van der Waals surface area contributed by atoms with Crippen LogP contribution in [0.3, 0.4) is 0 Å². The summed E-state index contributed by atoms with van der Waals surface area (Å²) in [4.78, 5) is 14.2. The van der Waals surface area contributed by atoms with E-state index in [1.54, 1.807) is 6.07 Å². The molecule has 2 rings (SSSR count).